The predicted octanol–water partition coefficient (Wildman–Crippen LogP) is 3.74. The number of hydrogen-bond acceptors (Lipinski definition) is 4. The molecule has 1 fully saturated rings. The van der Waals surface area contributed by atoms with Gasteiger partial charge in [0.05, 0.1) is 4.92 Å². The minimum atomic E-state index is -0.400. The van der Waals surface area contributed by atoms with Crippen LogP contribution in [0.5, 0.6) is 0 Å². The number of hydrogen-bond donors (Lipinski definition) is 1. The van der Waals surface area contributed by atoms with Gasteiger partial charge in [-0.2, -0.15) is 0 Å². The third-order valence-electron chi connectivity index (χ3n) is 3.35. The Labute approximate surface area is 114 Å². The number of anilines is 1. The van der Waals surface area contributed by atoms with Gasteiger partial charge >= 0.3 is 5.69 Å². The number of halogens is 1. The van der Waals surface area contributed by atoms with Crippen LogP contribution in [0.2, 0.25) is 0 Å². The number of rotatable bonds is 4. The first-order chi connectivity index (χ1) is 8.66. The summed E-state index contributed by atoms with van der Waals surface area (Å²) in [4.78, 5) is 14.4. The molecule has 0 aliphatic heterocycles. The lowest BCUT2D eigenvalue weighted by atomic mass is 9.89. The second kappa shape index (κ2) is 6.13. The molecular formula is C12H16BrN3O2. The summed E-state index contributed by atoms with van der Waals surface area (Å²) in [5.41, 5.74) is 0.585. The first-order valence-corrected chi connectivity index (χ1v) is 7.00. The fraction of sp³-hybridized carbons (Fsp3) is 0.583. The van der Waals surface area contributed by atoms with Crippen LogP contribution >= 0.6 is 15.9 Å². The lowest BCUT2D eigenvalue weighted by Crippen LogP contribution is -2.17. The molecule has 0 radical (unpaired) electrons. The SMILES string of the molecule is O=[N+]([O-])c1cnc(Br)cc1NCC1CCCCC1. The van der Waals surface area contributed by atoms with Crippen LogP contribution in [0, 0.1) is 16.0 Å². The maximum Gasteiger partial charge on any atom is 0.310 e. The summed E-state index contributed by atoms with van der Waals surface area (Å²) < 4.78 is 0.610. The number of aromatic nitrogens is 1. The molecule has 2 rings (SSSR count). The Morgan fingerprint density at radius 3 is 2.83 bits per heavy atom. The van der Waals surface area contributed by atoms with Gasteiger partial charge in [-0.3, -0.25) is 10.1 Å². The molecule has 0 bridgehead atoms. The fourth-order valence-corrected chi connectivity index (χ4v) is 2.69. The highest BCUT2D eigenvalue weighted by atomic mass is 79.9. The van der Waals surface area contributed by atoms with Gasteiger partial charge in [0, 0.05) is 12.6 Å². The van der Waals surface area contributed by atoms with E-state index >= 15 is 0 Å². The number of nitro groups is 1. The molecular weight excluding hydrogens is 298 g/mol. The topological polar surface area (TPSA) is 68.1 Å². The van der Waals surface area contributed by atoms with Crippen LogP contribution in [0.4, 0.5) is 11.4 Å². The molecule has 0 saturated heterocycles. The van der Waals surface area contributed by atoms with Crippen molar-refractivity contribution in [3.05, 3.63) is 27.0 Å². The van der Waals surface area contributed by atoms with E-state index in [9.17, 15) is 10.1 Å². The van der Waals surface area contributed by atoms with Crippen molar-refractivity contribution in [1.82, 2.24) is 4.98 Å². The molecule has 1 saturated carbocycles. The number of pyridine rings is 1. The first-order valence-electron chi connectivity index (χ1n) is 6.20. The van der Waals surface area contributed by atoms with Gasteiger partial charge in [-0.1, -0.05) is 19.3 Å². The zero-order valence-corrected chi connectivity index (χ0v) is 11.6. The van der Waals surface area contributed by atoms with E-state index in [4.69, 9.17) is 0 Å². The van der Waals surface area contributed by atoms with Gasteiger partial charge in [0.25, 0.3) is 0 Å². The van der Waals surface area contributed by atoms with Gasteiger partial charge in [-0.15, -0.1) is 0 Å². The van der Waals surface area contributed by atoms with Gasteiger partial charge in [-0.25, -0.2) is 4.98 Å². The Hall–Kier alpha value is -1.17. The highest BCUT2D eigenvalue weighted by Crippen LogP contribution is 2.28. The van der Waals surface area contributed by atoms with Crippen molar-refractivity contribution in [2.75, 3.05) is 11.9 Å². The van der Waals surface area contributed by atoms with E-state index < -0.39 is 4.92 Å². The van der Waals surface area contributed by atoms with Gasteiger partial charge in [0.15, 0.2) is 0 Å². The molecule has 1 N–H and O–H groups in total. The molecule has 0 spiro atoms. The van der Waals surface area contributed by atoms with Crippen LogP contribution in [0.1, 0.15) is 32.1 Å². The lowest BCUT2D eigenvalue weighted by Gasteiger charge is -2.22. The van der Waals surface area contributed by atoms with Crippen LogP contribution in [0.3, 0.4) is 0 Å². The van der Waals surface area contributed by atoms with Gasteiger partial charge in [0.1, 0.15) is 16.5 Å². The number of nitrogens with zero attached hydrogens (tertiary/aromatic N) is 2. The Morgan fingerprint density at radius 2 is 2.17 bits per heavy atom. The molecule has 1 aliphatic carbocycles. The Morgan fingerprint density at radius 1 is 1.44 bits per heavy atom. The number of nitrogens with one attached hydrogen (secondary N) is 1. The Bertz CT molecular complexity index is 433. The molecule has 5 nitrogen and oxygen atoms in total. The first kappa shape index (κ1) is 13.3. The normalized spacial score (nSPS) is 16.5. The van der Waals surface area contributed by atoms with Crippen LogP contribution < -0.4 is 5.32 Å². The predicted molar refractivity (Wildman–Crippen MR) is 73.7 cm³/mol. The summed E-state index contributed by atoms with van der Waals surface area (Å²) in [7, 11) is 0. The monoisotopic (exact) mass is 313 g/mol. The van der Waals surface area contributed by atoms with Crippen molar-refractivity contribution in [3.63, 3.8) is 0 Å². The molecule has 18 heavy (non-hydrogen) atoms. The van der Waals surface area contributed by atoms with Crippen LogP contribution in [-0.4, -0.2) is 16.5 Å². The minimum absolute atomic E-state index is 0.0361. The quantitative estimate of drug-likeness (QED) is 0.522. The Balaban J connectivity index is 2.03. The Kier molecular flexibility index (Phi) is 4.52. The molecule has 0 amide bonds. The zero-order chi connectivity index (χ0) is 13.0. The van der Waals surface area contributed by atoms with Crippen molar-refractivity contribution >= 4 is 27.3 Å². The van der Waals surface area contributed by atoms with Crippen molar-refractivity contribution in [2.45, 2.75) is 32.1 Å². The highest BCUT2D eigenvalue weighted by molar-refractivity contribution is 9.10. The average molecular weight is 314 g/mol. The average Bonchev–Trinajstić information content (AvgIpc) is 2.37. The van der Waals surface area contributed by atoms with Crippen LogP contribution in [0.15, 0.2) is 16.9 Å². The molecule has 1 aromatic heterocycles. The summed E-state index contributed by atoms with van der Waals surface area (Å²) in [6, 6.07) is 1.67. The molecule has 0 aromatic carbocycles. The van der Waals surface area contributed by atoms with E-state index in [0.717, 1.165) is 6.54 Å². The van der Waals surface area contributed by atoms with E-state index in [1.807, 2.05) is 0 Å². The third kappa shape index (κ3) is 3.41. The molecule has 98 valence electrons. The minimum Gasteiger partial charge on any atom is -0.379 e. The van der Waals surface area contributed by atoms with Crippen molar-refractivity contribution in [2.24, 2.45) is 5.92 Å². The lowest BCUT2D eigenvalue weighted by molar-refractivity contribution is -0.384. The molecule has 6 heteroatoms. The summed E-state index contributed by atoms with van der Waals surface area (Å²) in [5.74, 6) is 0.630. The van der Waals surface area contributed by atoms with Gasteiger partial charge in [-0.05, 0) is 34.7 Å². The van der Waals surface area contributed by atoms with E-state index in [1.54, 1.807) is 6.07 Å². The molecule has 1 aromatic rings. The van der Waals surface area contributed by atoms with Crippen molar-refractivity contribution in [3.8, 4) is 0 Å². The maximum absolute atomic E-state index is 10.9. The standard InChI is InChI=1S/C12H16BrN3O2/c13-12-6-10(11(8-15-12)16(17)18)14-7-9-4-2-1-3-5-9/h6,8-9H,1-5,7H2,(H,14,15). The van der Waals surface area contributed by atoms with E-state index in [0.29, 0.717) is 16.2 Å². The van der Waals surface area contributed by atoms with Crippen LogP contribution in [-0.2, 0) is 0 Å². The maximum atomic E-state index is 10.9. The molecule has 1 heterocycles. The summed E-state index contributed by atoms with van der Waals surface area (Å²) in [6.07, 6.45) is 7.58. The van der Waals surface area contributed by atoms with Gasteiger partial charge < -0.3 is 5.32 Å². The molecule has 1 aliphatic rings. The largest absolute Gasteiger partial charge is 0.379 e. The second-order valence-electron chi connectivity index (χ2n) is 4.67. The zero-order valence-electron chi connectivity index (χ0n) is 10.1. The van der Waals surface area contributed by atoms with E-state index in [1.165, 1.54) is 38.3 Å². The van der Waals surface area contributed by atoms with Crippen molar-refractivity contribution in [1.29, 1.82) is 0 Å². The van der Waals surface area contributed by atoms with E-state index in [-0.39, 0.29) is 5.69 Å². The smallest absolute Gasteiger partial charge is 0.310 e. The molecule has 0 unspecified atom stereocenters. The summed E-state index contributed by atoms with van der Waals surface area (Å²) >= 11 is 3.24. The van der Waals surface area contributed by atoms with Crippen molar-refractivity contribution < 1.29 is 4.92 Å². The second-order valence-corrected chi connectivity index (χ2v) is 5.48. The fourth-order valence-electron chi connectivity index (χ4n) is 2.36. The summed E-state index contributed by atoms with van der Waals surface area (Å²) in [6.45, 7) is 0.803. The van der Waals surface area contributed by atoms with Crippen LogP contribution in [0.25, 0.3) is 0 Å². The van der Waals surface area contributed by atoms with Gasteiger partial charge in [0.2, 0.25) is 0 Å². The third-order valence-corrected chi connectivity index (χ3v) is 3.79. The molecule has 0 atom stereocenters. The van der Waals surface area contributed by atoms with E-state index in [2.05, 4.69) is 26.2 Å². The summed E-state index contributed by atoms with van der Waals surface area (Å²) in [5, 5.41) is 14.1. The highest BCUT2D eigenvalue weighted by Gasteiger charge is 2.17.